The highest BCUT2D eigenvalue weighted by Gasteiger charge is 2.21. The molecule has 1 aromatic carbocycles. The first-order valence-corrected chi connectivity index (χ1v) is 8.38. The quantitative estimate of drug-likeness (QED) is 0.820. The van der Waals surface area contributed by atoms with Crippen LogP contribution in [-0.4, -0.2) is 11.7 Å². The Labute approximate surface area is 131 Å². The fraction of sp³-hybridized carbons (Fsp3) is 0.444. The Balaban J connectivity index is 2.02. The third kappa shape index (κ3) is 5.27. The standard InChI is InChI=1S/C18H25NOS/c1-18(2,3)11-16(14-7-5-4-6-8-14)19-12-17(20)15-9-10-21-13-15/h4-10,13,16-17,19-20H,11-12H2,1-3H3. The molecule has 0 amide bonds. The van der Waals surface area contributed by atoms with Crippen LogP contribution in [-0.2, 0) is 0 Å². The Kier molecular flexibility index (Phi) is 5.57. The molecule has 0 bridgehead atoms. The van der Waals surface area contributed by atoms with E-state index in [2.05, 4.69) is 50.4 Å². The van der Waals surface area contributed by atoms with Crippen LogP contribution in [0.2, 0.25) is 0 Å². The summed E-state index contributed by atoms with van der Waals surface area (Å²) in [5.41, 5.74) is 2.51. The number of nitrogens with one attached hydrogen (secondary N) is 1. The number of aliphatic hydroxyl groups excluding tert-OH is 1. The van der Waals surface area contributed by atoms with Gasteiger partial charge in [0.1, 0.15) is 0 Å². The molecule has 0 radical (unpaired) electrons. The number of aliphatic hydroxyl groups is 1. The van der Waals surface area contributed by atoms with Crippen molar-refractivity contribution in [1.29, 1.82) is 0 Å². The van der Waals surface area contributed by atoms with Crippen molar-refractivity contribution in [3.05, 3.63) is 58.3 Å². The second-order valence-electron chi connectivity index (χ2n) is 6.71. The monoisotopic (exact) mass is 303 g/mol. The summed E-state index contributed by atoms with van der Waals surface area (Å²) in [5.74, 6) is 0. The number of rotatable bonds is 6. The van der Waals surface area contributed by atoms with Gasteiger partial charge in [-0.3, -0.25) is 0 Å². The summed E-state index contributed by atoms with van der Waals surface area (Å²) in [6.45, 7) is 7.33. The van der Waals surface area contributed by atoms with Gasteiger partial charge < -0.3 is 10.4 Å². The molecule has 21 heavy (non-hydrogen) atoms. The summed E-state index contributed by atoms with van der Waals surface area (Å²) >= 11 is 1.62. The third-order valence-electron chi connectivity index (χ3n) is 3.50. The summed E-state index contributed by atoms with van der Waals surface area (Å²) in [6, 6.07) is 12.7. The van der Waals surface area contributed by atoms with Gasteiger partial charge in [-0.15, -0.1) is 0 Å². The van der Waals surface area contributed by atoms with Crippen LogP contribution in [0.3, 0.4) is 0 Å². The van der Waals surface area contributed by atoms with Gasteiger partial charge in [0, 0.05) is 12.6 Å². The van der Waals surface area contributed by atoms with Crippen LogP contribution in [0.15, 0.2) is 47.2 Å². The molecule has 0 aliphatic heterocycles. The molecule has 2 atom stereocenters. The topological polar surface area (TPSA) is 32.3 Å². The van der Waals surface area contributed by atoms with E-state index in [9.17, 15) is 5.11 Å². The smallest absolute Gasteiger partial charge is 0.0922 e. The van der Waals surface area contributed by atoms with Crippen LogP contribution in [0, 0.1) is 5.41 Å². The van der Waals surface area contributed by atoms with Crippen molar-refractivity contribution in [1.82, 2.24) is 5.32 Å². The number of benzene rings is 1. The van der Waals surface area contributed by atoms with Crippen LogP contribution >= 0.6 is 11.3 Å². The molecule has 2 N–H and O–H groups in total. The zero-order valence-electron chi connectivity index (χ0n) is 13.0. The van der Waals surface area contributed by atoms with Crippen LogP contribution in [0.25, 0.3) is 0 Å². The first-order valence-electron chi connectivity index (χ1n) is 7.44. The van der Waals surface area contributed by atoms with Gasteiger partial charge in [-0.2, -0.15) is 11.3 Å². The summed E-state index contributed by atoms with van der Waals surface area (Å²) in [5, 5.41) is 17.8. The molecule has 0 saturated carbocycles. The molecule has 0 aliphatic carbocycles. The number of hydrogen-bond donors (Lipinski definition) is 2. The predicted molar refractivity (Wildman–Crippen MR) is 90.5 cm³/mol. The van der Waals surface area contributed by atoms with Gasteiger partial charge in [-0.05, 0) is 39.8 Å². The molecule has 2 aromatic rings. The van der Waals surface area contributed by atoms with Gasteiger partial charge >= 0.3 is 0 Å². The van der Waals surface area contributed by atoms with Crippen molar-refractivity contribution in [2.24, 2.45) is 5.41 Å². The minimum Gasteiger partial charge on any atom is -0.387 e. The fourth-order valence-electron chi connectivity index (χ4n) is 2.44. The lowest BCUT2D eigenvalue weighted by Gasteiger charge is -2.28. The van der Waals surface area contributed by atoms with Crippen LogP contribution in [0.5, 0.6) is 0 Å². The van der Waals surface area contributed by atoms with E-state index in [-0.39, 0.29) is 11.5 Å². The normalized spacial score (nSPS) is 14.9. The van der Waals surface area contributed by atoms with Crippen molar-refractivity contribution in [2.75, 3.05) is 6.54 Å². The zero-order chi connectivity index (χ0) is 15.3. The molecule has 0 saturated heterocycles. The molecule has 3 heteroatoms. The molecular formula is C18H25NOS. The maximum atomic E-state index is 10.2. The van der Waals surface area contributed by atoms with E-state index in [0.717, 1.165) is 12.0 Å². The molecule has 0 spiro atoms. The molecular weight excluding hydrogens is 278 g/mol. The van der Waals surface area contributed by atoms with Crippen LogP contribution < -0.4 is 5.32 Å². The van der Waals surface area contributed by atoms with Crippen molar-refractivity contribution in [3.63, 3.8) is 0 Å². The summed E-state index contributed by atoms with van der Waals surface area (Å²) in [6.07, 6.45) is 0.593. The van der Waals surface area contributed by atoms with Gasteiger partial charge in [0.2, 0.25) is 0 Å². The molecule has 2 unspecified atom stereocenters. The maximum Gasteiger partial charge on any atom is 0.0922 e. The van der Waals surface area contributed by atoms with E-state index < -0.39 is 6.10 Å². The third-order valence-corrected chi connectivity index (χ3v) is 4.21. The largest absolute Gasteiger partial charge is 0.387 e. The SMILES string of the molecule is CC(C)(C)CC(NCC(O)c1ccsc1)c1ccccc1. The molecule has 1 heterocycles. The van der Waals surface area contributed by atoms with Crippen molar-refractivity contribution >= 4 is 11.3 Å². The van der Waals surface area contributed by atoms with Gasteiger partial charge in [0.25, 0.3) is 0 Å². The van der Waals surface area contributed by atoms with Crippen molar-refractivity contribution < 1.29 is 5.11 Å². The summed E-state index contributed by atoms with van der Waals surface area (Å²) in [4.78, 5) is 0. The molecule has 2 rings (SSSR count). The average molecular weight is 303 g/mol. The van der Waals surface area contributed by atoms with E-state index in [0.29, 0.717) is 6.54 Å². The first-order chi connectivity index (χ1) is 9.96. The zero-order valence-corrected chi connectivity index (χ0v) is 13.9. The molecule has 1 aromatic heterocycles. The molecule has 2 nitrogen and oxygen atoms in total. The van der Waals surface area contributed by atoms with Gasteiger partial charge in [-0.1, -0.05) is 51.1 Å². The number of hydrogen-bond acceptors (Lipinski definition) is 3. The summed E-state index contributed by atoms with van der Waals surface area (Å²) < 4.78 is 0. The highest BCUT2D eigenvalue weighted by atomic mass is 32.1. The Morgan fingerprint density at radius 2 is 1.81 bits per heavy atom. The van der Waals surface area contributed by atoms with E-state index >= 15 is 0 Å². The van der Waals surface area contributed by atoms with Crippen LogP contribution in [0.1, 0.15) is 50.5 Å². The lowest BCUT2D eigenvalue weighted by atomic mass is 9.85. The predicted octanol–water partition coefficient (Wildman–Crippen LogP) is 4.55. The van der Waals surface area contributed by atoms with Crippen LogP contribution in [0.4, 0.5) is 0 Å². The maximum absolute atomic E-state index is 10.2. The lowest BCUT2D eigenvalue weighted by molar-refractivity contribution is 0.165. The molecule has 0 fully saturated rings. The van der Waals surface area contributed by atoms with Gasteiger partial charge in [0.15, 0.2) is 0 Å². The second-order valence-corrected chi connectivity index (χ2v) is 7.49. The Morgan fingerprint density at radius 3 is 2.38 bits per heavy atom. The Morgan fingerprint density at radius 1 is 1.10 bits per heavy atom. The second kappa shape index (κ2) is 7.21. The van der Waals surface area contributed by atoms with Gasteiger partial charge in [0.05, 0.1) is 6.10 Å². The minimum atomic E-state index is -0.442. The van der Waals surface area contributed by atoms with E-state index in [4.69, 9.17) is 0 Å². The van der Waals surface area contributed by atoms with Crippen molar-refractivity contribution in [2.45, 2.75) is 39.3 Å². The summed E-state index contributed by atoms with van der Waals surface area (Å²) in [7, 11) is 0. The molecule has 114 valence electrons. The number of thiophene rings is 1. The first kappa shape index (κ1) is 16.2. The average Bonchev–Trinajstić information content (AvgIpc) is 2.97. The lowest BCUT2D eigenvalue weighted by Crippen LogP contribution is -2.29. The van der Waals surface area contributed by atoms with Gasteiger partial charge in [-0.25, -0.2) is 0 Å². The van der Waals surface area contributed by atoms with Crippen molar-refractivity contribution in [3.8, 4) is 0 Å². The minimum absolute atomic E-state index is 0.237. The fourth-order valence-corrected chi connectivity index (χ4v) is 3.15. The van der Waals surface area contributed by atoms with E-state index in [1.165, 1.54) is 5.56 Å². The Hall–Kier alpha value is -1.16. The highest BCUT2D eigenvalue weighted by molar-refractivity contribution is 7.07. The van der Waals surface area contributed by atoms with E-state index in [1.807, 2.05) is 22.9 Å². The molecule has 0 aliphatic rings. The Bertz CT molecular complexity index is 516. The highest BCUT2D eigenvalue weighted by Crippen LogP contribution is 2.29. The van der Waals surface area contributed by atoms with E-state index in [1.54, 1.807) is 11.3 Å².